The molecule has 1 aliphatic rings. The number of hydrogen-bond donors (Lipinski definition) is 0. The van der Waals surface area contributed by atoms with Crippen LogP contribution in [-0.2, 0) is 15.7 Å². The van der Waals surface area contributed by atoms with Crippen molar-refractivity contribution in [3.8, 4) is 0 Å². The lowest BCUT2D eigenvalue weighted by Crippen LogP contribution is -2.37. The standard InChI is InChI=1S/C12H12F3NO2S/c1-18-7-11(17)16-4-5-19-10-3-2-8(6-9(10)16)12(13,14)15/h2-3,6H,4-5,7H2,1H3. The minimum atomic E-state index is -4.41. The van der Waals surface area contributed by atoms with Crippen molar-refractivity contribution in [2.75, 3.05) is 30.9 Å². The van der Waals surface area contributed by atoms with Gasteiger partial charge in [-0.1, -0.05) is 0 Å². The Morgan fingerprint density at radius 1 is 1.47 bits per heavy atom. The van der Waals surface area contributed by atoms with Gasteiger partial charge in [-0.15, -0.1) is 11.8 Å². The van der Waals surface area contributed by atoms with E-state index in [2.05, 4.69) is 0 Å². The highest BCUT2D eigenvalue weighted by Crippen LogP contribution is 2.39. The summed E-state index contributed by atoms with van der Waals surface area (Å²) < 4.78 is 42.8. The molecule has 1 aromatic rings. The van der Waals surface area contributed by atoms with Gasteiger partial charge in [-0.3, -0.25) is 4.79 Å². The molecule has 0 saturated carbocycles. The van der Waals surface area contributed by atoms with Crippen molar-refractivity contribution in [3.05, 3.63) is 23.8 Å². The van der Waals surface area contributed by atoms with E-state index in [1.807, 2.05) is 0 Å². The summed E-state index contributed by atoms with van der Waals surface area (Å²) in [6.45, 7) is 0.252. The fourth-order valence-corrected chi connectivity index (χ4v) is 2.83. The van der Waals surface area contributed by atoms with Crippen molar-refractivity contribution in [1.82, 2.24) is 0 Å². The maximum absolute atomic E-state index is 12.7. The number of methoxy groups -OCH3 is 1. The van der Waals surface area contributed by atoms with Crippen LogP contribution in [0.5, 0.6) is 0 Å². The molecular formula is C12H12F3NO2S. The molecule has 1 heterocycles. The maximum atomic E-state index is 12.7. The summed E-state index contributed by atoms with van der Waals surface area (Å²) in [5.74, 6) is 0.330. The number of rotatable bonds is 2. The number of carbonyl (C=O) groups excluding carboxylic acids is 1. The summed E-state index contributed by atoms with van der Waals surface area (Å²) in [5, 5.41) is 0. The van der Waals surface area contributed by atoms with E-state index in [0.717, 1.165) is 12.1 Å². The first-order valence-corrected chi connectivity index (χ1v) is 6.55. The van der Waals surface area contributed by atoms with Gasteiger partial charge in [0, 0.05) is 24.3 Å². The molecule has 0 saturated heterocycles. The van der Waals surface area contributed by atoms with Gasteiger partial charge in [0.05, 0.1) is 11.3 Å². The Bertz CT molecular complexity index is 490. The number of halogens is 3. The van der Waals surface area contributed by atoms with Gasteiger partial charge in [0.2, 0.25) is 0 Å². The van der Waals surface area contributed by atoms with E-state index in [-0.39, 0.29) is 12.5 Å². The van der Waals surface area contributed by atoms with Gasteiger partial charge in [0.15, 0.2) is 0 Å². The Labute approximate surface area is 112 Å². The Morgan fingerprint density at radius 3 is 2.84 bits per heavy atom. The number of carbonyl (C=O) groups is 1. The van der Waals surface area contributed by atoms with Crippen LogP contribution in [0.2, 0.25) is 0 Å². The Hall–Kier alpha value is -1.21. The molecule has 0 fully saturated rings. The summed E-state index contributed by atoms with van der Waals surface area (Å²) in [6, 6.07) is 3.47. The zero-order chi connectivity index (χ0) is 14.0. The molecule has 7 heteroatoms. The molecule has 104 valence electrons. The predicted molar refractivity (Wildman–Crippen MR) is 66.4 cm³/mol. The maximum Gasteiger partial charge on any atom is 0.416 e. The molecule has 0 atom stereocenters. The molecule has 2 rings (SSSR count). The fraction of sp³-hybridized carbons (Fsp3) is 0.417. The van der Waals surface area contributed by atoms with Crippen LogP contribution in [0.3, 0.4) is 0 Å². The van der Waals surface area contributed by atoms with Crippen LogP contribution in [0, 0.1) is 0 Å². The van der Waals surface area contributed by atoms with Crippen LogP contribution in [-0.4, -0.2) is 31.9 Å². The number of nitrogens with zero attached hydrogens (tertiary/aromatic N) is 1. The van der Waals surface area contributed by atoms with Crippen molar-refractivity contribution >= 4 is 23.4 Å². The van der Waals surface area contributed by atoms with Crippen molar-refractivity contribution in [3.63, 3.8) is 0 Å². The number of thioether (sulfide) groups is 1. The number of amides is 1. The number of hydrogen-bond acceptors (Lipinski definition) is 3. The minimum absolute atomic E-state index is 0.139. The number of benzene rings is 1. The molecular weight excluding hydrogens is 279 g/mol. The van der Waals surface area contributed by atoms with E-state index in [0.29, 0.717) is 22.9 Å². The highest BCUT2D eigenvalue weighted by molar-refractivity contribution is 7.99. The quantitative estimate of drug-likeness (QED) is 0.839. The number of ether oxygens (including phenoxy) is 1. The highest BCUT2D eigenvalue weighted by Gasteiger charge is 2.33. The molecule has 1 aliphatic heterocycles. The second-order valence-electron chi connectivity index (χ2n) is 4.01. The summed E-state index contributed by atoms with van der Waals surface area (Å²) in [6.07, 6.45) is -4.41. The first-order chi connectivity index (χ1) is 8.93. The average Bonchev–Trinajstić information content (AvgIpc) is 2.36. The molecule has 0 aromatic heterocycles. The van der Waals surface area contributed by atoms with Crippen molar-refractivity contribution in [2.24, 2.45) is 0 Å². The molecule has 0 bridgehead atoms. The van der Waals surface area contributed by atoms with E-state index < -0.39 is 11.7 Å². The Balaban J connectivity index is 2.38. The second-order valence-corrected chi connectivity index (χ2v) is 5.14. The van der Waals surface area contributed by atoms with Crippen molar-refractivity contribution < 1.29 is 22.7 Å². The molecule has 0 aliphatic carbocycles. The molecule has 3 nitrogen and oxygen atoms in total. The normalized spacial score (nSPS) is 15.3. The van der Waals surface area contributed by atoms with Gasteiger partial charge in [-0.2, -0.15) is 13.2 Å². The first-order valence-electron chi connectivity index (χ1n) is 5.57. The SMILES string of the molecule is COCC(=O)N1CCSc2ccc(C(F)(F)F)cc21. The van der Waals surface area contributed by atoms with Gasteiger partial charge in [0.1, 0.15) is 6.61 Å². The zero-order valence-corrected chi connectivity index (χ0v) is 11.0. The molecule has 0 N–H and O–H groups in total. The van der Waals surface area contributed by atoms with Crippen molar-refractivity contribution in [2.45, 2.75) is 11.1 Å². The van der Waals surface area contributed by atoms with E-state index in [1.54, 1.807) is 0 Å². The summed E-state index contributed by atoms with van der Waals surface area (Å²) in [4.78, 5) is 13.9. The van der Waals surface area contributed by atoms with Gasteiger partial charge in [-0.05, 0) is 18.2 Å². The Kier molecular flexibility index (Phi) is 4.05. The smallest absolute Gasteiger partial charge is 0.375 e. The topological polar surface area (TPSA) is 29.5 Å². The van der Waals surface area contributed by atoms with E-state index in [9.17, 15) is 18.0 Å². The van der Waals surface area contributed by atoms with Crippen LogP contribution in [0.1, 0.15) is 5.56 Å². The molecule has 19 heavy (non-hydrogen) atoms. The van der Waals surface area contributed by atoms with Crippen LogP contribution in [0.15, 0.2) is 23.1 Å². The minimum Gasteiger partial charge on any atom is -0.375 e. The van der Waals surface area contributed by atoms with Crippen LogP contribution >= 0.6 is 11.8 Å². The van der Waals surface area contributed by atoms with Crippen LogP contribution < -0.4 is 4.90 Å². The Morgan fingerprint density at radius 2 is 2.21 bits per heavy atom. The highest BCUT2D eigenvalue weighted by atomic mass is 32.2. The first kappa shape index (κ1) is 14.2. The summed E-state index contributed by atoms with van der Waals surface area (Å²) in [7, 11) is 1.38. The van der Waals surface area contributed by atoms with Gasteiger partial charge >= 0.3 is 6.18 Å². The molecule has 0 spiro atoms. The van der Waals surface area contributed by atoms with Gasteiger partial charge in [0.25, 0.3) is 5.91 Å². The fourth-order valence-electron chi connectivity index (χ4n) is 1.85. The summed E-state index contributed by atoms with van der Waals surface area (Å²) in [5.41, 5.74) is -0.433. The monoisotopic (exact) mass is 291 g/mol. The van der Waals surface area contributed by atoms with Crippen LogP contribution in [0.4, 0.5) is 18.9 Å². The van der Waals surface area contributed by atoms with E-state index in [4.69, 9.17) is 4.74 Å². The van der Waals surface area contributed by atoms with E-state index >= 15 is 0 Å². The predicted octanol–water partition coefficient (Wildman–Crippen LogP) is 2.79. The average molecular weight is 291 g/mol. The number of fused-ring (bicyclic) bond motifs is 1. The van der Waals surface area contributed by atoms with Gasteiger partial charge < -0.3 is 9.64 Å². The summed E-state index contributed by atoms with van der Waals surface area (Å²) >= 11 is 1.45. The van der Waals surface area contributed by atoms with Crippen molar-refractivity contribution in [1.29, 1.82) is 0 Å². The molecule has 0 radical (unpaired) electrons. The lowest BCUT2D eigenvalue weighted by atomic mass is 10.1. The number of anilines is 1. The molecule has 0 unspecified atom stereocenters. The third-order valence-corrected chi connectivity index (χ3v) is 3.76. The lowest BCUT2D eigenvalue weighted by molar-refractivity contribution is -0.137. The van der Waals surface area contributed by atoms with E-state index in [1.165, 1.54) is 29.8 Å². The third-order valence-electron chi connectivity index (χ3n) is 2.72. The molecule has 1 aromatic carbocycles. The molecule has 1 amide bonds. The number of alkyl halides is 3. The largest absolute Gasteiger partial charge is 0.416 e. The third kappa shape index (κ3) is 3.03. The van der Waals surface area contributed by atoms with Crippen LogP contribution in [0.25, 0.3) is 0 Å². The zero-order valence-electron chi connectivity index (χ0n) is 10.2. The second kappa shape index (κ2) is 5.42. The van der Waals surface area contributed by atoms with Gasteiger partial charge in [-0.25, -0.2) is 0 Å². The lowest BCUT2D eigenvalue weighted by Gasteiger charge is -2.29.